The highest BCUT2D eigenvalue weighted by molar-refractivity contribution is 5.70. The molecule has 92 heavy (non-hydrogen) atoms. The van der Waals surface area contributed by atoms with Crippen molar-refractivity contribution in [2.75, 3.05) is 13.2 Å². The first-order chi connectivity index (χ1) is 45.6. The average molecular weight is 1270 g/mol. The van der Waals surface area contributed by atoms with Gasteiger partial charge in [-0.3, -0.25) is 9.59 Å². The second kappa shape index (κ2) is 81.0. The minimum Gasteiger partial charge on any atom is -0.462 e. The quantitative estimate of drug-likeness (QED) is 0.0373. The van der Waals surface area contributed by atoms with Crippen LogP contribution in [0, 0.1) is 0 Å². The summed E-state index contributed by atoms with van der Waals surface area (Å²) in [5.74, 6) is -0.624. The van der Waals surface area contributed by atoms with Crippen LogP contribution in [0.3, 0.4) is 0 Å². The van der Waals surface area contributed by atoms with Gasteiger partial charge in [0.2, 0.25) is 0 Å². The van der Waals surface area contributed by atoms with Gasteiger partial charge in [-0.1, -0.05) is 384 Å². The molecule has 0 saturated heterocycles. The molecule has 0 aliphatic heterocycles. The van der Waals surface area contributed by atoms with Crippen molar-refractivity contribution in [3.8, 4) is 0 Å². The minimum atomic E-state index is -0.801. The Morgan fingerprint density at radius 1 is 0.261 bits per heavy atom. The molecule has 0 aromatic carbocycles. The number of aliphatic hydroxyl groups excluding tert-OH is 1. The van der Waals surface area contributed by atoms with Gasteiger partial charge in [-0.25, -0.2) is 0 Å². The highest BCUT2D eigenvalue weighted by atomic mass is 16.6. The number of unbranched alkanes of at least 4 members (excludes halogenated alkanes) is 40. The van der Waals surface area contributed by atoms with Crippen LogP contribution in [0.4, 0.5) is 0 Å². The predicted molar refractivity (Wildman–Crippen MR) is 408 cm³/mol. The number of esters is 2. The average Bonchev–Trinajstić information content (AvgIpc) is 3.70. The van der Waals surface area contributed by atoms with E-state index in [2.05, 4.69) is 160 Å². The summed E-state index contributed by atoms with van der Waals surface area (Å²) in [6.45, 7) is 4.03. The molecule has 0 aliphatic carbocycles. The fourth-order valence-corrected chi connectivity index (χ4v) is 11.3. The Labute approximate surface area is 571 Å². The highest BCUT2D eigenvalue weighted by Gasteiger charge is 2.16. The van der Waals surface area contributed by atoms with E-state index in [1.54, 1.807) is 0 Å². The molecule has 1 unspecified atom stereocenters. The van der Waals surface area contributed by atoms with E-state index < -0.39 is 6.10 Å². The van der Waals surface area contributed by atoms with Gasteiger partial charge in [0.25, 0.3) is 0 Å². The molecule has 0 aliphatic rings. The van der Waals surface area contributed by atoms with Crippen molar-refractivity contribution < 1.29 is 24.2 Å². The van der Waals surface area contributed by atoms with Crippen LogP contribution in [-0.4, -0.2) is 36.4 Å². The summed E-state index contributed by atoms with van der Waals surface area (Å²) in [5.41, 5.74) is 0. The molecular weight excluding hydrogens is 1120 g/mol. The van der Waals surface area contributed by atoms with Gasteiger partial charge in [0, 0.05) is 12.8 Å². The molecule has 0 aromatic rings. The smallest absolute Gasteiger partial charge is 0.306 e. The molecule has 526 valence electrons. The van der Waals surface area contributed by atoms with Crippen molar-refractivity contribution in [1.29, 1.82) is 0 Å². The van der Waals surface area contributed by atoms with E-state index in [-0.39, 0.29) is 25.2 Å². The first-order valence-corrected chi connectivity index (χ1v) is 39.4. The molecule has 0 fully saturated rings. The summed E-state index contributed by atoms with van der Waals surface area (Å²) in [4.78, 5) is 24.7. The highest BCUT2D eigenvalue weighted by Crippen LogP contribution is 2.18. The first kappa shape index (κ1) is 87.8. The van der Waals surface area contributed by atoms with Crippen LogP contribution >= 0.6 is 0 Å². The Morgan fingerprint density at radius 2 is 0.467 bits per heavy atom. The Kier molecular flexibility index (Phi) is 77.3. The summed E-state index contributed by atoms with van der Waals surface area (Å²) in [7, 11) is 0. The van der Waals surface area contributed by atoms with Gasteiger partial charge in [0.1, 0.15) is 6.61 Å². The predicted octanol–water partition coefficient (Wildman–Crippen LogP) is 28.0. The van der Waals surface area contributed by atoms with Crippen LogP contribution < -0.4 is 0 Å². The lowest BCUT2D eigenvalue weighted by molar-refractivity contribution is -0.161. The summed E-state index contributed by atoms with van der Waals surface area (Å²) in [5, 5.41) is 9.71. The second-order valence-corrected chi connectivity index (χ2v) is 26.1. The molecule has 5 heteroatoms. The van der Waals surface area contributed by atoms with E-state index in [4.69, 9.17) is 9.47 Å². The van der Waals surface area contributed by atoms with E-state index in [0.29, 0.717) is 12.8 Å². The summed E-state index contributed by atoms with van der Waals surface area (Å²) >= 11 is 0. The van der Waals surface area contributed by atoms with Gasteiger partial charge in [0.05, 0.1) is 6.61 Å². The Bertz CT molecular complexity index is 1880. The topological polar surface area (TPSA) is 72.8 Å². The lowest BCUT2D eigenvalue weighted by Crippen LogP contribution is -2.28. The second-order valence-electron chi connectivity index (χ2n) is 26.1. The molecule has 0 spiro atoms. The van der Waals surface area contributed by atoms with Gasteiger partial charge in [-0.15, -0.1) is 0 Å². The van der Waals surface area contributed by atoms with Crippen molar-refractivity contribution in [1.82, 2.24) is 0 Å². The zero-order valence-corrected chi connectivity index (χ0v) is 60.5. The summed E-state index contributed by atoms with van der Waals surface area (Å²) < 4.78 is 10.7. The van der Waals surface area contributed by atoms with Gasteiger partial charge in [0.15, 0.2) is 6.10 Å². The number of aliphatic hydroxyl groups is 1. The normalized spacial score (nSPS) is 13.0. The number of rotatable bonds is 72. The maximum Gasteiger partial charge on any atom is 0.306 e. The molecular formula is C87H148O5. The number of ether oxygens (including phenoxy) is 2. The van der Waals surface area contributed by atoms with Crippen molar-refractivity contribution in [2.24, 2.45) is 0 Å². The molecule has 5 nitrogen and oxygen atoms in total. The molecule has 0 aromatic heterocycles. The van der Waals surface area contributed by atoms with Crippen LogP contribution in [-0.2, 0) is 19.1 Å². The van der Waals surface area contributed by atoms with Crippen LogP contribution in [0.2, 0.25) is 0 Å². The Hall–Kier alpha value is -4.22. The summed E-state index contributed by atoms with van der Waals surface area (Å²) in [6, 6.07) is 0. The Balaban J connectivity index is 3.51. The lowest BCUT2D eigenvalue weighted by Gasteiger charge is -2.15. The Morgan fingerprint density at radius 3 is 0.728 bits per heavy atom. The number of carbonyl (C=O) groups is 2. The fraction of sp³-hybridized carbons (Fsp3) is 0.701. The first-order valence-electron chi connectivity index (χ1n) is 39.4. The summed E-state index contributed by atoms with van der Waals surface area (Å²) in [6.07, 6.45) is 122. The SMILES string of the molecule is CC/C=C\C/C=C\C/C=C\C/C=C\C/C=C\C/C=C\C/C=C\C/C=C\C/C=C\C/C=C\C/C=C\CCCCCC(=O)OC(CO)COC(=O)CCCCCCCCCCCCCCCCCCCCCCCCCCCCCCC/C=C\CCCCCCCCCC. The van der Waals surface area contributed by atoms with Crippen LogP contribution in [0.25, 0.3) is 0 Å². The van der Waals surface area contributed by atoms with Crippen molar-refractivity contribution in [3.63, 3.8) is 0 Å². The van der Waals surface area contributed by atoms with Crippen LogP contribution in [0.5, 0.6) is 0 Å². The monoisotopic (exact) mass is 1270 g/mol. The van der Waals surface area contributed by atoms with E-state index in [1.165, 1.54) is 231 Å². The van der Waals surface area contributed by atoms with E-state index in [0.717, 1.165) is 116 Å². The molecule has 0 heterocycles. The maximum absolute atomic E-state index is 12.4. The minimum absolute atomic E-state index is 0.0847. The van der Waals surface area contributed by atoms with Crippen molar-refractivity contribution >= 4 is 11.9 Å². The zero-order valence-electron chi connectivity index (χ0n) is 60.5. The number of carbonyl (C=O) groups excluding carboxylic acids is 2. The fourth-order valence-electron chi connectivity index (χ4n) is 11.3. The molecule has 1 N–H and O–H groups in total. The van der Waals surface area contributed by atoms with Crippen molar-refractivity contribution in [3.05, 3.63) is 146 Å². The molecule has 1 atom stereocenters. The van der Waals surface area contributed by atoms with Crippen LogP contribution in [0.15, 0.2) is 146 Å². The third-order valence-electron chi connectivity index (χ3n) is 17.1. The largest absolute Gasteiger partial charge is 0.462 e. The number of allylic oxidation sites excluding steroid dienone is 24. The number of hydrogen-bond donors (Lipinski definition) is 1. The zero-order chi connectivity index (χ0) is 66.1. The van der Waals surface area contributed by atoms with Gasteiger partial charge >= 0.3 is 11.9 Å². The molecule has 0 radical (unpaired) electrons. The third-order valence-corrected chi connectivity index (χ3v) is 17.1. The lowest BCUT2D eigenvalue weighted by atomic mass is 10.0. The molecule has 0 bridgehead atoms. The van der Waals surface area contributed by atoms with Crippen LogP contribution in [0.1, 0.15) is 373 Å². The molecule has 0 saturated carbocycles. The van der Waals surface area contributed by atoms with E-state index >= 15 is 0 Å². The van der Waals surface area contributed by atoms with Crippen molar-refractivity contribution in [2.45, 2.75) is 380 Å². The van der Waals surface area contributed by atoms with Gasteiger partial charge in [-0.2, -0.15) is 0 Å². The van der Waals surface area contributed by atoms with E-state index in [9.17, 15) is 14.7 Å². The van der Waals surface area contributed by atoms with Gasteiger partial charge in [-0.05, 0) is 122 Å². The maximum atomic E-state index is 12.4. The van der Waals surface area contributed by atoms with E-state index in [1.807, 2.05) is 0 Å². The number of hydrogen-bond acceptors (Lipinski definition) is 5. The molecule has 0 rings (SSSR count). The molecule has 0 amide bonds. The van der Waals surface area contributed by atoms with Gasteiger partial charge < -0.3 is 14.6 Å². The standard InChI is InChI=1S/C87H148O5/c1-3-5-7-9-11-13-15-17-19-21-23-25-27-29-31-33-35-37-39-41-42-43-44-46-47-49-51-53-55-57-59-61-63-65-67-69-71-73-75-77-79-81-86(89)91-84-85(83-88)92-87(90)82-80-78-76-74-72-70-68-66-64-62-60-58-56-54-52-50-48-45-40-38-36-34-32-30-28-26-24-22-20-18-16-14-12-10-8-6-4-2/h6,8,12,14,18,20-21,23-24,26,30,32,36,38,45,48,52,54,58,60,64,66,70,72,85,88H,3-5,7,9-11,13,15-17,19,22,25,27-29,31,33-35,37,39-44,46-47,49-51,53,55-57,59,61-63,65,67-69,71,73-84H2,1-2H3/b8-6-,14-12-,20-18-,23-21-,26-24-,32-30-,38-36-,48-45-,54-52-,60-58-,66-64-,72-70-. The third kappa shape index (κ3) is 78.2.